The summed E-state index contributed by atoms with van der Waals surface area (Å²) in [4.78, 5) is 21.6. The molecule has 210 valence electrons. The summed E-state index contributed by atoms with van der Waals surface area (Å²) in [6, 6.07) is 30.8. The average molecular weight is 575 g/mol. The molecule has 3 heterocycles. The van der Waals surface area contributed by atoms with Gasteiger partial charge in [0.05, 0.1) is 30.5 Å². The van der Waals surface area contributed by atoms with Gasteiger partial charge in [0.25, 0.3) is 0 Å². The van der Waals surface area contributed by atoms with E-state index in [1.807, 2.05) is 77.5 Å². The molecule has 0 fully saturated rings. The molecule has 0 spiro atoms. The van der Waals surface area contributed by atoms with Gasteiger partial charge in [-0.2, -0.15) is 0 Å². The van der Waals surface area contributed by atoms with Crippen molar-refractivity contribution in [2.45, 2.75) is 25.9 Å². The molecule has 42 heavy (non-hydrogen) atoms. The number of hydrogen-bond donors (Lipinski definition) is 2. The second-order valence-electron chi connectivity index (χ2n) is 9.58. The third-order valence-electron chi connectivity index (χ3n) is 6.47. The van der Waals surface area contributed by atoms with E-state index >= 15 is 0 Å². The van der Waals surface area contributed by atoms with Gasteiger partial charge in [-0.05, 0) is 25.0 Å². The minimum Gasteiger partial charge on any atom is -0.362 e. The van der Waals surface area contributed by atoms with Crippen LogP contribution < -0.4 is 10.6 Å². The fourth-order valence-electron chi connectivity index (χ4n) is 4.26. The Hall–Kier alpha value is -5.08. The van der Waals surface area contributed by atoms with Crippen molar-refractivity contribution in [1.29, 1.82) is 0 Å². The Morgan fingerprint density at radius 2 is 1.17 bits per heavy atom. The Morgan fingerprint density at radius 3 is 1.74 bits per heavy atom. The number of hydrogen-bond acceptors (Lipinski definition) is 7. The van der Waals surface area contributed by atoms with Gasteiger partial charge in [-0.15, -0.1) is 0 Å². The average Bonchev–Trinajstić information content (AvgIpc) is 3.54. The quantitative estimate of drug-likeness (QED) is 0.191. The number of imidazole rings is 1. The Morgan fingerprint density at radius 1 is 0.643 bits per heavy atom. The second-order valence-corrected chi connectivity index (χ2v) is 9.96. The first-order chi connectivity index (χ1) is 20.5. The second kappa shape index (κ2) is 14.0. The Kier molecular flexibility index (Phi) is 9.49. The lowest BCUT2D eigenvalue weighted by atomic mass is 10.1. The molecule has 0 amide bonds. The van der Waals surface area contributed by atoms with E-state index in [1.165, 1.54) is 17.3 Å². The van der Waals surface area contributed by atoms with Crippen LogP contribution in [0.25, 0.3) is 17.1 Å². The first-order valence-electron chi connectivity index (χ1n) is 13.6. The van der Waals surface area contributed by atoms with Crippen LogP contribution in [0, 0.1) is 0 Å². The van der Waals surface area contributed by atoms with Crippen LogP contribution in [0.1, 0.15) is 37.1 Å². The molecule has 0 unspecified atom stereocenters. The maximum Gasteiger partial charge on any atom is 0.158 e. The first kappa shape index (κ1) is 28.4. The molecule has 0 aliphatic carbocycles. The number of anilines is 2. The van der Waals surface area contributed by atoms with Crippen molar-refractivity contribution in [1.82, 2.24) is 29.5 Å². The van der Waals surface area contributed by atoms with Gasteiger partial charge in [-0.3, -0.25) is 14.5 Å². The highest BCUT2D eigenvalue weighted by Gasteiger charge is 2.09. The fourth-order valence-corrected chi connectivity index (χ4v) is 4.41. The Bertz CT molecular complexity index is 1680. The highest BCUT2D eigenvalue weighted by molar-refractivity contribution is 6.29. The predicted octanol–water partition coefficient (Wildman–Crippen LogP) is 7.81. The van der Waals surface area contributed by atoms with E-state index < -0.39 is 0 Å². The topological polar surface area (TPSA) is 93.4 Å². The molecule has 0 saturated carbocycles. The van der Waals surface area contributed by atoms with E-state index in [4.69, 9.17) is 11.6 Å². The van der Waals surface area contributed by atoms with Crippen molar-refractivity contribution in [2.75, 3.05) is 10.6 Å². The highest BCUT2D eigenvalue weighted by atomic mass is 35.5. The summed E-state index contributed by atoms with van der Waals surface area (Å²) in [5.41, 5.74) is 4.38. The van der Waals surface area contributed by atoms with Gasteiger partial charge in [0.1, 0.15) is 23.1 Å². The van der Waals surface area contributed by atoms with E-state index in [1.54, 1.807) is 24.9 Å². The molecule has 2 N–H and O–H groups in total. The minimum atomic E-state index is 0.142. The van der Waals surface area contributed by atoms with Crippen LogP contribution in [-0.2, 0) is 0 Å². The third kappa shape index (κ3) is 7.77. The van der Waals surface area contributed by atoms with E-state index in [0.717, 1.165) is 22.9 Å². The van der Waals surface area contributed by atoms with Crippen LogP contribution in [0.5, 0.6) is 0 Å². The van der Waals surface area contributed by atoms with E-state index in [0.29, 0.717) is 11.0 Å². The maximum absolute atomic E-state index is 5.76. The zero-order valence-electron chi connectivity index (χ0n) is 23.3. The molecule has 0 aliphatic rings. The van der Waals surface area contributed by atoms with Crippen LogP contribution in [0.3, 0.4) is 0 Å². The molecular formula is C33H31ClN8. The summed E-state index contributed by atoms with van der Waals surface area (Å²) in [5, 5.41) is 7.03. The fraction of sp³-hybridized carbons (Fsp3) is 0.121. The molecule has 0 aliphatic heterocycles. The lowest BCUT2D eigenvalue weighted by Gasteiger charge is -2.15. The van der Waals surface area contributed by atoms with Gasteiger partial charge < -0.3 is 10.6 Å². The minimum absolute atomic E-state index is 0.142. The highest BCUT2D eigenvalue weighted by Crippen LogP contribution is 2.21. The molecule has 0 radical (unpaired) electrons. The number of halogens is 1. The Balaban J connectivity index is 0.000000189. The summed E-state index contributed by atoms with van der Waals surface area (Å²) >= 11 is 5.76. The standard InChI is InChI=1S/C21H19N5.C12H12ClN3/c1-16(17-8-4-2-5-9-17)24-20-12-22-13-21(25-20)26-14-19(23-15-26)18-10-6-3-7-11-18;1-9(10-5-3-2-4-6-10)15-12-8-14-7-11(13)16-12/h2-16H,1H3,(H,24,25);2-9H,1H3,(H,15,16)/t16-;9-/m11/s1. The molecule has 2 atom stereocenters. The van der Waals surface area contributed by atoms with Crippen molar-refractivity contribution in [3.8, 4) is 17.1 Å². The first-order valence-corrected chi connectivity index (χ1v) is 14.0. The molecule has 6 rings (SSSR count). The van der Waals surface area contributed by atoms with Crippen LogP contribution in [0.2, 0.25) is 5.15 Å². The normalized spacial score (nSPS) is 12.0. The molecular weight excluding hydrogens is 544 g/mol. The van der Waals surface area contributed by atoms with Crippen molar-refractivity contribution in [3.63, 3.8) is 0 Å². The van der Waals surface area contributed by atoms with Gasteiger partial charge in [0, 0.05) is 23.8 Å². The molecule has 9 heteroatoms. The van der Waals surface area contributed by atoms with Crippen molar-refractivity contribution in [3.05, 3.63) is 145 Å². The number of benzene rings is 3. The number of nitrogens with one attached hydrogen (secondary N) is 2. The molecule has 0 bridgehead atoms. The predicted molar refractivity (Wildman–Crippen MR) is 169 cm³/mol. The molecule has 0 saturated heterocycles. The maximum atomic E-state index is 5.76. The van der Waals surface area contributed by atoms with E-state index in [9.17, 15) is 0 Å². The number of aromatic nitrogens is 6. The summed E-state index contributed by atoms with van der Waals surface area (Å²) in [7, 11) is 0. The molecule has 6 aromatic rings. The summed E-state index contributed by atoms with van der Waals surface area (Å²) in [6.45, 7) is 4.17. The van der Waals surface area contributed by atoms with Crippen molar-refractivity contribution >= 4 is 23.2 Å². The summed E-state index contributed by atoms with van der Waals surface area (Å²) in [5.74, 6) is 2.14. The van der Waals surface area contributed by atoms with Crippen LogP contribution in [0.4, 0.5) is 11.6 Å². The Labute approximate surface area is 250 Å². The zero-order valence-corrected chi connectivity index (χ0v) is 24.1. The van der Waals surface area contributed by atoms with Crippen molar-refractivity contribution in [2.24, 2.45) is 0 Å². The zero-order chi connectivity index (χ0) is 29.1. The SMILES string of the molecule is C[C@@H](Nc1cncc(-n2cnc(-c3ccccc3)c2)n1)c1ccccc1.C[C@@H](Nc1cncc(Cl)n1)c1ccccc1. The summed E-state index contributed by atoms with van der Waals surface area (Å²) in [6.07, 6.45) is 10.4. The molecule has 3 aromatic heterocycles. The van der Waals surface area contributed by atoms with Gasteiger partial charge in [0.2, 0.25) is 0 Å². The lowest BCUT2D eigenvalue weighted by molar-refractivity contribution is 0.863. The molecule has 8 nitrogen and oxygen atoms in total. The summed E-state index contributed by atoms with van der Waals surface area (Å²) < 4.78 is 1.88. The van der Waals surface area contributed by atoms with Gasteiger partial charge in [-0.25, -0.2) is 15.0 Å². The van der Waals surface area contributed by atoms with Crippen LogP contribution in [-0.4, -0.2) is 29.5 Å². The number of rotatable bonds is 8. The largest absolute Gasteiger partial charge is 0.362 e. The lowest BCUT2D eigenvalue weighted by Crippen LogP contribution is -2.09. The third-order valence-corrected chi connectivity index (χ3v) is 6.65. The number of nitrogens with zero attached hydrogens (tertiary/aromatic N) is 6. The van der Waals surface area contributed by atoms with Crippen molar-refractivity contribution < 1.29 is 0 Å². The molecule has 3 aromatic carbocycles. The van der Waals surface area contributed by atoms with Gasteiger partial charge in [0.15, 0.2) is 5.82 Å². The van der Waals surface area contributed by atoms with Crippen LogP contribution in [0.15, 0.2) is 128 Å². The monoisotopic (exact) mass is 574 g/mol. The van der Waals surface area contributed by atoms with Gasteiger partial charge in [-0.1, -0.05) is 103 Å². The van der Waals surface area contributed by atoms with Crippen LogP contribution >= 0.6 is 11.6 Å². The van der Waals surface area contributed by atoms with Gasteiger partial charge >= 0.3 is 0 Å². The van der Waals surface area contributed by atoms with E-state index in [-0.39, 0.29) is 12.1 Å². The van der Waals surface area contributed by atoms with E-state index in [2.05, 4.69) is 73.7 Å². The smallest absolute Gasteiger partial charge is 0.158 e.